The Kier molecular flexibility index (Phi) is 4.69. The van der Waals surface area contributed by atoms with Crippen LogP contribution in [0.25, 0.3) is 0 Å². The second-order valence-corrected chi connectivity index (χ2v) is 6.14. The van der Waals surface area contributed by atoms with E-state index in [1.165, 1.54) is 11.1 Å². The molecule has 0 aliphatic carbocycles. The number of hydrogen-bond donors (Lipinski definition) is 2. The molecule has 1 aliphatic heterocycles. The minimum atomic E-state index is 0.726. The maximum absolute atomic E-state index is 6.40. The lowest BCUT2D eigenvalue weighted by molar-refractivity contribution is 0.711. The second kappa shape index (κ2) is 6.69. The summed E-state index contributed by atoms with van der Waals surface area (Å²) < 4.78 is 0. The van der Waals surface area contributed by atoms with E-state index < -0.39 is 0 Å². The van der Waals surface area contributed by atoms with Gasteiger partial charge in [0.15, 0.2) is 0 Å². The third-order valence-corrected chi connectivity index (χ3v) is 4.39. The Bertz CT molecular complexity index is 641. The van der Waals surface area contributed by atoms with Gasteiger partial charge in [0.25, 0.3) is 0 Å². The first-order valence-corrected chi connectivity index (χ1v) is 7.99. The fourth-order valence-corrected chi connectivity index (χ4v) is 3.23. The molecule has 0 fully saturated rings. The third-order valence-electron chi connectivity index (χ3n) is 3.84. The standard InChI is InChI=1S/C17H18Cl2N2/c18-14-3-1-2-12(10-14)11-21-17-15-7-9-20-8-6-13(15)4-5-16(17)19/h1-5,10,20-21H,6-9,11H2. The van der Waals surface area contributed by atoms with E-state index in [9.17, 15) is 0 Å². The topological polar surface area (TPSA) is 24.1 Å². The molecule has 21 heavy (non-hydrogen) atoms. The average molecular weight is 321 g/mol. The van der Waals surface area contributed by atoms with Crippen LogP contribution in [0.1, 0.15) is 16.7 Å². The van der Waals surface area contributed by atoms with Gasteiger partial charge in [0.2, 0.25) is 0 Å². The number of anilines is 1. The molecule has 0 saturated carbocycles. The van der Waals surface area contributed by atoms with Crippen LogP contribution in [0.2, 0.25) is 10.0 Å². The lowest BCUT2D eigenvalue weighted by Gasteiger charge is -2.16. The zero-order valence-corrected chi connectivity index (χ0v) is 13.3. The molecule has 0 saturated heterocycles. The minimum absolute atomic E-state index is 0.726. The predicted octanol–water partition coefficient (Wildman–Crippen LogP) is 4.29. The fourth-order valence-electron chi connectivity index (χ4n) is 2.77. The van der Waals surface area contributed by atoms with E-state index in [1.54, 1.807) is 0 Å². The molecule has 0 unspecified atom stereocenters. The molecule has 110 valence electrons. The Morgan fingerprint density at radius 3 is 2.76 bits per heavy atom. The summed E-state index contributed by atoms with van der Waals surface area (Å²) in [6.45, 7) is 2.76. The number of fused-ring (bicyclic) bond motifs is 1. The molecule has 2 aromatic rings. The summed E-state index contributed by atoms with van der Waals surface area (Å²) in [6, 6.07) is 12.0. The van der Waals surface area contributed by atoms with Crippen molar-refractivity contribution in [1.29, 1.82) is 0 Å². The Morgan fingerprint density at radius 2 is 1.90 bits per heavy atom. The van der Waals surface area contributed by atoms with Crippen LogP contribution in [0.5, 0.6) is 0 Å². The monoisotopic (exact) mass is 320 g/mol. The van der Waals surface area contributed by atoms with E-state index >= 15 is 0 Å². The number of rotatable bonds is 3. The molecule has 3 rings (SSSR count). The number of hydrogen-bond acceptors (Lipinski definition) is 2. The molecule has 0 amide bonds. The normalized spacial score (nSPS) is 14.4. The Morgan fingerprint density at radius 1 is 1.05 bits per heavy atom. The van der Waals surface area contributed by atoms with Crippen LogP contribution in [0.4, 0.5) is 5.69 Å². The van der Waals surface area contributed by atoms with Gasteiger partial charge in [-0.15, -0.1) is 0 Å². The van der Waals surface area contributed by atoms with Gasteiger partial charge < -0.3 is 10.6 Å². The Hall–Kier alpha value is -1.22. The maximum Gasteiger partial charge on any atom is 0.0640 e. The zero-order chi connectivity index (χ0) is 14.7. The van der Waals surface area contributed by atoms with E-state index in [0.717, 1.165) is 53.8 Å². The zero-order valence-electron chi connectivity index (χ0n) is 11.8. The molecule has 0 bridgehead atoms. The fraction of sp³-hybridized carbons (Fsp3) is 0.294. The summed E-state index contributed by atoms with van der Waals surface area (Å²) >= 11 is 12.4. The summed E-state index contributed by atoms with van der Waals surface area (Å²) in [4.78, 5) is 0. The molecule has 4 heteroatoms. The molecular formula is C17H18Cl2N2. The minimum Gasteiger partial charge on any atom is -0.380 e. The molecule has 2 aromatic carbocycles. The van der Waals surface area contributed by atoms with Crippen LogP contribution in [-0.4, -0.2) is 13.1 Å². The first-order chi connectivity index (χ1) is 10.2. The smallest absolute Gasteiger partial charge is 0.0640 e. The van der Waals surface area contributed by atoms with Gasteiger partial charge in [0.05, 0.1) is 10.7 Å². The van der Waals surface area contributed by atoms with E-state index in [1.807, 2.05) is 24.3 Å². The van der Waals surface area contributed by atoms with E-state index in [2.05, 4.69) is 22.8 Å². The Labute approximate surface area is 135 Å². The second-order valence-electron chi connectivity index (χ2n) is 5.29. The van der Waals surface area contributed by atoms with Gasteiger partial charge in [-0.1, -0.05) is 41.4 Å². The molecule has 2 N–H and O–H groups in total. The van der Waals surface area contributed by atoms with Crippen LogP contribution in [0.15, 0.2) is 36.4 Å². The van der Waals surface area contributed by atoms with Crippen molar-refractivity contribution in [3.63, 3.8) is 0 Å². The van der Waals surface area contributed by atoms with E-state index in [4.69, 9.17) is 23.2 Å². The summed E-state index contributed by atoms with van der Waals surface area (Å²) in [5.41, 5.74) is 4.95. The van der Waals surface area contributed by atoms with Crippen LogP contribution in [-0.2, 0) is 19.4 Å². The van der Waals surface area contributed by atoms with Gasteiger partial charge in [-0.3, -0.25) is 0 Å². The molecule has 0 aromatic heterocycles. The summed E-state index contributed by atoms with van der Waals surface area (Å²) in [5, 5.41) is 8.48. The van der Waals surface area contributed by atoms with Crippen LogP contribution in [0.3, 0.4) is 0 Å². The highest BCUT2D eigenvalue weighted by Crippen LogP contribution is 2.31. The van der Waals surface area contributed by atoms with Crippen LogP contribution in [0, 0.1) is 0 Å². The third kappa shape index (κ3) is 3.52. The van der Waals surface area contributed by atoms with Crippen molar-refractivity contribution in [3.05, 3.63) is 63.1 Å². The lowest BCUT2D eigenvalue weighted by Crippen LogP contribution is -2.16. The van der Waals surface area contributed by atoms with E-state index in [-0.39, 0.29) is 0 Å². The van der Waals surface area contributed by atoms with Gasteiger partial charge in [0.1, 0.15) is 0 Å². The van der Waals surface area contributed by atoms with Crippen molar-refractivity contribution in [2.45, 2.75) is 19.4 Å². The van der Waals surface area contributed by atoms with Crippen molar-refractivity contribution in [2.24, 2.45) is 0 Å². The molecule has 2 nitrogen and oxygen atoms in total. The van der Waals surface area contributed by atoms with Crippen LogP contribution < -0.4 is 10.6 Å². The highest BCUT2D eigenvalue weighted by atomic mass is 35.5. The quantitative estimate of drug-likeness (QED) is 0.881. The predicted molar refractivity (Wildman–Crippen MR) is 90.5 cm³/mol. The highest BCUT2D eigenvalue weighted by molar-refractivity contribution is 6.33. The lowest BCUT2D eigenvalue weighted by atomic mass is 10.0. The molecule has 0 atom stereocenters. The Balaban J connectivity index is 1.84. The maximum atomic E-state index is 6.40. The van der Waals surface area contributed by atoms with Gasteiger partial charge in [0, 0.05) is 11.6 Å². The summed E-state index contributed by atoms with van der Waals surface area (Å²) in [7, 11) is 0. The summed E-state index contributed by atoms with van der Waals surface area (Å²) in [5.74, 6) is 0. The first kappa shape index (κ1) is 14.7. The van der Waals surface area contributed by atoms with Crippen molar-refractivity contribution < 1.29 is 0 Å². The largest absolute Gasteiger partial charge is 0.380 e. The SMILES string of the molecule is Clc1cccc(CNc2c(Cl)ccc3c2CCNCC3)c1. The van der Waals surface area contributed by atoms with E-state index in [0.29, 0.717) is 0 Å². The number of halogens is 2. The molecular weight excluding hydrogens is 303 g/mol. The van der Waals surface area contributed by atoms with Gasteiger partial charge in [-0.2, -0.15) is 0 Å². The molecule has 1 heterocycles. The van der Waals surface area contributed by atoms with Crippen molar-refractivity contribution >= 4 is 28.9 Å². The van der Waals surface area contributed by atoms with Crippen molar-refractivity contribution in [2.75, 3.05) is 18.4 Å². The summed E-state index contributed by atoms with van der Waals surface area (Å²) in [6.07, 6.45) is 2.06. The molecule has 1 aliphatic rings. The van der Waals surface area contributed by atoms with Gasteiger partial charge in [-0.25, -0.2) is 0 Å². The average Bonchev–Trinajstić information content (AvgIpc) is 2.72. The van der Waals surface area contributed by atoms with Gasteiger partial charge >= 0.3 is 0 Å². The number of nitrogens with one attached hydrogen (secondary N) is 2. The van der Waals surface area contributed by atoms with Crippen molar-refractivity contribution in [3.8, 4) is 0 Å². The first-order valence-electron chi connectivity index (χ1n) is 7.23. The molecule has 0 radical (unpaired) electrons. The molecule has 0 spiro atoms. The van der Waals surface area contributed by atoms with Gasteiger partial charge in [-0.05, 0) is 60.8 Å². The van der Waals surface area contributed by atoms with Crippen molar-refractivity contribution in [1.82, 2.24) is 5.32 Å². The van der Waals surface area contributed by atoms with Crippen LogP contribution >= 0.6 is 23.2 Å². The highest BCUT2D eigenvalue weighted by Gasteiger charge is 2.14. The number of benzene rings is 2.